The number of carbonyl (C=O) groups excluding carboxylic acids is 1. The maximum Gasteiger partial charge on any atom is 0.136 e. The van der Waals surface area contributed by atoms with Crippen LogP contribution in [-0.4, -0.2) is 17.0 Å². The predicted molar refractivity (Wildman–Crippen MR) is 87.3 cm³/mol. The Labute approximate surface area is 135 Å². The molecule has 4 rings (SSSR count). The van der Waals surface area contributed by atoms with Gasteiger partial charge >= 0.3 is 0 Å². The summed E-state index contributed by atoms with van der Waals surface area (Å²) >= 11 is 0. The maximum atomic E-state index is 12.2. The van der Waals surface area contributed by atoms with Gasteiger partial charge in [0.1, 0.15) is 5.78 Å². The third kappa shape index (κ3) is 1.79. The average molecular weight is 304 g/mol. The fraction of sp³-hybridized carbons (Fsp3) is 0.950. The molecule has 4 fully saturated rings. The third-order valence-electron chi connectivity index (χ3n) is 8.91. The Bertz CT molecular complexity index is 486. The highest BCUT2D eigenvalue weighted by molar-refractivity contribution is 5.82. The first-order chi connectivity index (χ1) is 10.4. The van der Waals surface area contributed by atoms with Gasteiger partial charge in [-0.2, -0.15) is 0 Å². The van der Waals surface area contributed by atoms with Crippen molar-refractivity contribution >= 4 is 5.78 Å². The minimum atomic E-state index is -0.0733. The third-order valence-corrected chi connectivity index (χ3v) is 8.91. The predicted octanol–water partition coefficient (Wildman–Crippen LogP) is 4.21. The summed E-state index contributed by atoms with van der Waals surface area (Å²) < 4.78 is 0. The molecule has 0 bridgehead atoms. The molecule has 0 spiro atoms. The van der Waals surface area contributed by atoms with E-state index in [-0.39, 0.29) is 17.4 Å². The monoisotopic (exact) mass is 304 g/mol. The van der Waals surface area contributed by atoms with Crippen molar-refractivity contribution in [3.8, 4) is 0 Å². The number of Topliss-reactive ketones (excluding diaryl/α,β-unsaturated/α-hetero) is 1. The van der Waals surface area contributed by atoms with Gasteiger partial charge in [-0.3, -0.25) is 4.79 Å². The van der Waals surface area contributed by atoms with Gasteiger partial charge in [-0.05, 0) is 79.4 Å². The van der Waals surface area contributed by atoms with E-state index < -0.39 is 0 Å². The zero-order chi connectivity index (χ0) is 15.7. The van der Waals surface area contributed by atoms with Crippen molar-refractivity contribution in [3.05, 3.63) is 0 Å². The minimum absolute atomic E-state index is 0.0733. The molecular weight excluding hydrogens is 272 g/mol. The van der Waals surface area contributed by atoms with Gasteiger partial charge in [0, 0.05) is 12.3 Å². The van der Waals surface area contributed by atoms with Gasteiger partial charge in [0.25, 0.3) is 0 Å². The second-order valence-corrected chi connectivity index (χ2v) is 9.46. The summed E-state index contributed by atoms with van der Waals surface area (Å²) in [6.45, 7) is 7.05. The van der Waals surface area contributed by atoms with Crippen LogP contribution in [0.3, 0.4) is 0 Å². The van der Waals surface area contributed by atoms with E-state index in [9.17, 15) is 9.90 Å². The summed E-state index contributed by atoms with van der Waals surface area (Å²) in [4.78, 5) is 12.2. The molecule has 0 aliphatic heterocycles. The van der Waals surface area contributed by atoms with E-state index in [1.807, 2.05) is 0 Å². The lowest BCUT2D eigenvalue weighted by atomic mass is 9.44. The molecule has 0 aromatic heterocycles. The number of aliphatic hydroxyl groups excluding tert-OH is 1. The molecule has 4 saturated carbocycles. The van der Waals surface area contributed by atoms with Crippen molar-refractivity contribution in [1.29, 1.82) is 0 Å². The molecule has 2 heteroatoms. The summed E-state index contributed by atoms with van der Waals surface area (Å²) in [5.41, 5.74) is 0.561. The minimum Gasteiger partial charge on any atom is -0.393 e. The van der Waals surface area contributed by atoms with Crippen molar-refractivity contribution in [2.75, 3.05) is 0 Å². The second-order valence-electron chi connectivity index (χ2n) is 9.46. The number of rotatable bonds is 0. The van der Waals surface area contributed by atoms with Gasteiger partial charge in [0.05, 0.1) is 6.10 Å². The fourth-order valence-corrected chi connectivity index (χ4v) is 7.49. The number of ketones is 1. The molecule has 1 N–H and O–H groups in total. The Morgan fingerprint density at radius 1 is 0.909 bits per heavy atom. The molecule has 8 atom stereocenters. The van der Waals surface area contributed by atoms with E-state index in [4.69, 9.17) is 0 Å². The molecule has 0 saturated heterocycles. The van der Waals surface area contributed by atoms with Gasteiger partial charge in [-0.15, -0.1) is 0 Å². The first-order valence-corrected chi connectivity index (χ1v) is 9.58. The van der Waals surface area contributed by atoms with Crippen LogP contribution in [0.1, 0.15) is 72.1 Å². The van der Waals surface area contributed by atoms with Gasteiger partial charge in [-0.1, -0.05) is 20.8 Å². The maximum absolute atomic E-state index is 12.2. The van der Waals surface area contributed by atoms with Crippen LogP contribution in [0.25, 0.3) is 0 Å². The van der Waals surface area contributed by atoms with Gasteiger partial charge < -0.3 is 5.11 Å². The standard InChI is InChI=1S/C20H32O2/c1-12-14-5-4-13-15-6-7-18(22)20(15,3)10-8-16(13)19(14,2)11-9-17(12)21/h12-16,18,22H,4-11H2,1-3H3/t12-,13-,14?,15-,16-,18-,19-,20-/m0/s1. The number of aliphatic hydroxyl groups is 1. The molecular formula is C20H32O2. The normalized spacial score (nSPS) is 57.9. The van der Waals surface area contributed by atoms with Gasteiger partial charge in [0.15, 0.2) is 0 Å². The van der Waals surface area contributed by atoms with Crippen LogP contribution in [0.15, 0.2) is 0 Å². The first kappa shape index (κ1) is 15.2. The lowest BCUT2D eigenvalue weighted by molar-refractivity contribution is -0.152. The average Bonchev–Trinajstić information content (AvgIpc) is 2.79. The molecule has 1 unspecified atom stereocenters. The van der Waals surface area contributed by atoms with Crippen LogP contribution in [0.5, 0.6) is 0 Å². The van der Waals surface area contributed by atoms with Crippen molar-refractivity contribution < 1.29 is 9.90 Å². The van der Waals surface area contributed by atoms with E-state index in [0.717, 1.165) is 37.0 Å². The highest BCUT2D eigenvalue weighted by atomic mass is 16.3. The smallest absolute Gasteiger partial charge is 0.136 e. The zero-order valence-corrected chi connectivity index (χ0v) is 14.5. The quantitative estimate of drug-likeness (QED) is 0.728. The van der Waals surface area contributed by atoms with Crippen molar-refractivity contribution in [2.45, 2.75) is 78.2 Å². The van der Waals surface area contributed by atoms with Crippen molar-refractivity contribution in [1.82, 2.24) is 0 Å². The summed E-state index contributed by atoms with van der Waals surface area (Å²) in [5.74, 6) is 3.74. The molecule has 0 radical (unpaired) electrons. The Morgan fingerprint density at radius 3 is 2.36 bits per heavy atom. The Hall–Kier alpha value is -0.370. The van der Waals surface area contributed by atoms with Crippen LogP contribution in [-0.2, 0) is 4.79 Å². The molecule has 124 valence electrons. The summed E-state index contributed by atoms with van der Waals surface area (Å²) in [7, 11) is 0. The Balaban J connectivity index is 1.65. The number of hydrogen-bond acceptors (Lipinski definition) is 2. The number of fused-ring (bicyclic) bond motifs is 5. The largest absolute Gasteiger partial charge is 0.393 e. The molecule has 0 aromatic rings. The molecule has 0 heterocycles. The Kier molecular flexibility index (Phi) is 3.32. The van der Waals surface area contributed by atoms with Crippen LogP contribution in [0.2, 0.25) is 0 Å². The molecule has 4 aliphatic carbocycles. The molecule has 22 heavy (non-hydrogen) atoms. The highest BCUT2D eigenvalue weighted by Crippen LogP contribution is 2.66. The van der Waals surface area contributed by atoms with Crippen LogP contribution < -0.4 is 0 Å². The molecule has 2 nitrogen and oxygen atoms in total. The fourth-order valence-electron chi connectivity index (χ4n) is 7.49. The summed E-state index contributed by atoms with van der Waals surface area (Å²) in [6, 6.07) is 0. The van der Waals surface area contributed by atoms with E-state index in [1.165, 1.54) is 32.1 Å². The molecule has 4 aliphatic rings. The molecule has 0 aromatic carbocycles. The van der Waals surface area contributed by atoms with Gasteiger partial charge in [0.2, 0.25) is 0 Å². The van der Waals surface area contributed by atoms with Crippen LogP contribution in [0, 0.1) is 40.4 Å². The summed E-state index contributed by atoms with van der Waals surface area (Å²) in [6.07, 6.45) is 9.12. The van der Waals surface area contributed by atoms with Crippen molar-refractivity contribution in [3.63, 3.8) is 0 Å². The van der Waals surface area contributed by atoms with Crippen molar-refractivity contribution in [2.24, 2.45) is 40.4 Å². The van der Waals surface area contributed by atoms with Gasteiger partial charge in [-0.25, -0.2) is 0 Å². The van der Waals surface area contributed by atoms with E-state index >= 15 is 0 Å². The zero-order valence-electron chi connectivity index (χ0n) is 14.5. The first-order valence-electron chi connectivity index (χ1n) is 9.58. The van der Waals surface area contributed by atoms with E-state index in [1.54, 1.807) is 0 Å². The summed E-state index contributed by atoms with van der Waals surface area (Å²) in [5, 5.41) is 10.5. The topological polar surface area (TPSA) is 37.3 Å². The lowest BCUT2D eigenvalue weighted by Gasteiger charge is -2.61. The number of carbonyl (C=O) groups is 1. The van der Waals surface area contributed by atoms with Crippen LogP contribution in [0.4, 0.5) is 0 Å². The lowest BCUT2D eigenvalue weighted by Crippen LogP contribution is -2.55. The Morgan fingerprint density at radius 2 is 1.59 bits per heavy atom. The van der Waals surface area contributed by atoms with E-state index in [2.05, 4.69) is 20.8 Å². The second kappa shape index (κ2) is 4.82. The van der Waals surface area contributed by atoms with Crippen LogP contribution >= 0.6 is 0 Å². The number of hydrogen-bond donors (Lipinski definition) is 1. The van der Waals surface area contributed by atoms with E-state index in [0.29, 0.717) is 17.1 Å². The SMILES string of the molecule is C[C@@H]1C(=O)CC[C@@]2(C)C1CC[C@H]1[C@@H]3CC[C@H](O)[C@@]3(C)CC[C@@H]12. The highest BCUT2D eigenvalue weighted by Gasteiger charge is 2.60. The molecule has 0 amide bonds.